The van der Waals surface area contributed by atoms with Gasteiger partial charge in [0, 0.05) is 5.56 Å². The third kappa shape index (κ3) is 4.57. The summed E-state index contributed by atoms with van der Waals surface area (Å²) in [7, 11) is -0.548. The van der Waals surface area contributed by atoms with E-state index in [1.807, 2.05) is 32.9 Å². The van der Waals surface area contributed by atoms with Crippen LogP contribution >= 0.6 is 0 Å². The number of aliphatic imine (C=N–C) groups is 1. The summed E-state index contributed by atoms with van der Waals surface area (Å²) in [6.45, 7) is 17.0. The van der Waals surface area contributed by atoms with Gasteiger partial charge in [0.25, 0.3) is 0 Å². The van der Waals surface area contributed by atoms with Crippen molar-refractivity contribution in [2.75, 3.05) is 7.11 Å². The van der Waals surface area contributed by atoms with Gasteiger partial charge >= 0.3 is 0 Å². The van der Waals surface area contributed by atoms with Crippen LogP contribution in [0.25, 0.3) is 0 Å². The van der Waals surface area contributed by atoms with Crippen LogP contribution in [0.3, 0.4) is 0 Å². The number of hydroxylamine groups is 1. The van der Waals surface area contributed by atoms with Crippen molar-refractivity contribution in [1.29, 1.82) is 5.26 Å². The summed E-state index contributed by atoms with van der Waals surface area (Å²) in [6.07, 6.45) is -0.302. The van der Waals surface area contributed by atoms with Gasteiger partial charge in [-0.05, 0) is 57.1 Å². The topological polar surface area (TPSA) is 75.9 Å². The summed E-state index contributed by atoms with van der Waals surface area (Å²) in [5, 5.41) is 9.42. The van der Waals surface area contributed by atoms with Crippen LogP contribution in [0, 0.1) is 11.3 Å². The van der Waals surface area contributed by atoms with E-state index >= 15 is 0 Å². The number of nitrogens with one attached hydrogen (secondary N) is 1. The molecule has 0 aromatic heterocycles. The monoisotopic (exact) mass is 403 g/mol. The van der Waals surface area contributed by atoms with E-state index in [4.69, 9.17) is 19.0 Å². The first-order valence-electron chi connectivity index (χ1n) is 9.56. The van der Waals surface area contributed by atoms with E-state index in [-0.39, 0.29) is 17.2 Å². The zero-order chi connectivity index (χ0) is 21.3. The predicted octanol–water partition coefficient (Wildman–Crippen LogP) is 4.73. The largest absolute Gasteiger partial charge is 0.485 e. The van der Waals surface area contributed by atoms with Crippen LogP contribution < -0.4 is 10.2 Å². The summed E-state index contributed by atoms with van der Waals surface area (Å²) in [5.74, 6) is 1.38. The fraction of sp³-hybridized carbons (Fsp3) is 0.619. The minimum Gasteiger partial charge on any atom is -0.485 e. The molecule has 1 aromatic rings. The highest BCUT2D eigenvalue weighted by Crippen LogP contribution is 2.47. The maximum atomic E-state index is 9.37. The Morgan fingerprint density at radius 2 is 1.96 bits per heavy atom. The molecule has 0 spiro atoms. The standard InChI is InChI=1S/C21H33N3O3Si/c1-14(24-25-7)23-18-16-12-15(13-22)10-11-17(16)26-21(5,6)19(18)27-28(8,9)20(2,3)4/h10-12,18-19H,1-9H3,(H,23,24)/t18-,19+/m1/s1. The van der Waals surface area contributed by atoms with E-state index in [1.54, 1.807) is 13.2 Å². The molecular formula is C21H33N3O3Si. The van der Waals surface area contributed by atoms with Crippen LogP contribution in [0.4, 0.5) is 0 Å². The number of nitrogens with zero attached hydrogens (tertiary/aromatic N) is 2. The van der Waals surface area contributed by atoms with E-state index in [0.717, 1.165) is 11.3 Å². The number of benzene rings is 1. The molecule has 1 aromatic carbocycles. The molecule has 0 saturated carbocycles. The zero-order valence-electron chi connectivity index (χ0n) is 18.5. The second kappa shape index (κ2) is 7.86. The zero-order valence-corrected chi connectivity index (χ0v) is 19.5. The van der Waals surface area contributed by atoms with Crippen molar-refractivity contribution in [3.8, 4) is 11.8 Å². The van der Waals surface area contributed by atoms with Crippen molar-refractivity contribution in [2.45, 2.75) is 77.4 Å². The minimum atomic E-state index is -2.10. The summed E-state index contributed by atoms with van der Waals surface area (Å²) < 4.78 is 13.2. The van der Waals surface area contributed by atoms with Crippen LogP contribution in [-0.2, 0) is 9.26 Å². The fourth-order valence-corrected chi connectivity index (χ4v) is 4.45. The molecular weight excluding hydrogens is 370 g/mol. The fourth-order valence-electron chi connectivity index (χ4n) is 3.05. The first-order valence-corrected chi connectivity index (χ1v) is 12.5. The maximum Gasteiger partial charge on any atom is 0.192 e. The summed E-state index contributed by atoms with van der Waals surface area (Å²) in [6, 6.07) is 7.36. The quantitative estimate of drug-likeness (QED) is 0.340. The molecule has 0 bridgehead atoms. The molecule has 0 unspecified atom stereocenters. The Morgan fingerprint density at radius 3 is 2.50 bits per heavy atom. The normalized spacial score (nSPS) is 22.1. The SMILES string of the molecule is CONC(C)=N[C@@H]1c2cc(C#N)ccc2OC(C)(C)[C@H]1O[Si](C)(C)C(C)(C)C. The van der Waals surface area contributed by atoms with Crippen LogP contribution in [0.5, 0.6) is 5.75 Å². The van der Waals surface area contributed by atoms with Gasteiger partial charge in [-0.15, -0.1) is 0 Å². The average molecular weight is 404 g/mol. The first kappa shape index (κ1) is 22.4. The van der Waals surface area contributed by atoms with E-state index in [2.05, 4.69) is 45.4 Å². The maximum absolute atomic E-state index is 9.37. The van der Waals surface area contributed by atoms with E-state index in [0.29, 0.717) is 11.4 Å². The van der Waals surface area contributed by atoms with Gasteiger partial charge in [-0.25, -0.2) is 0 Å². The Labute approximate surface area is 170 Å². The molecule has 0 saturated heterocycles. The van der Waals surface area contributed by atoms with Crippen LogP contribution in [0.15, 0.2) is 23.2 Å². The van der Waals surface area contributed by atoms with Gasteiger partial charge in [0.05, 0.1) is 18.7 Å². The molecule has 0 fully saturated rings. The molecule has 0 aliphatic carbocycles. The molecule has 1 aliphatic heterocycles. The number of hydrogen-bond donors (Lipinski definition) is 1. The van der Waals surface area contributed by atoms with E-state index in [9.17, 15) is 5.26 Å². The highest BCUT2D eigenvalue weighted by molar-refractivity contribution is 6.74. The van der Waals surface area contributed by atoms with E-state index in [1.165, 1.54) is 0 Å². The number of hydrogen-bond acceptors (Lipinski definition) is 5. The number of rotatable bonds is 4. The van der Waals surface area contributed by atoms with Crippen molar-refractivity contribution in [3.63, 3.8) is 0 Å². The lowest BCUT2D eigenvalue weighted by atomic mass is 9.86. The van der Waals surface area contributed by atoms with Crippen molar-refractivity contribution in [3.05, 3.63) is 29.3 Å². The first-order chi connectivity index (χ1) is 12.8. The van der Waals surface area contributed by atoms with Crippen molar-refractivity contribution >= 4 is 14.2 Å². The van der Waals surface area contributed by atoms with E-state index < -0.39 is 13.9 Å². The lowest BCUT2D eigenvalue weighted by molar-refractivity contribution is -0.0491. The van der Waals surface area contributed by atoms with Crippen LogP contribution in [0.1, 0.15) is 58.7 Å². The van der Waals surface area contributed by atoms with Gasteiger partial charge in [0.2, 0.25) is 0 Å². The molecule has 2 atom stereocenters. The van der Waals surface area contributed by atoms with Gasteiger partial charge < -0.3 is 9.16 Å². The Balaban J connectivity index is 2.62. The molecule has 1 N–H and O–H groups in total. The van der Waals surface area contributed by atoms with Crippen molar-refractivity contribution < 1.29 is 14.0 Å². The third-order valence-electron chi connectivity index (χ3n) is 5.61. The summed E-state index contributed by atoms with van der Waals surface area (Å²) in [5.41, 5.74) is 3.64. The lowest BCUT2D eigenvalue weighted by Crippen LogP contribution is -2.56. The number of nitriles is 1. The van der Waals surface area contributed by atoms with Gasteiger partial charge in [-0.2, -0.15) is 5.26 Å². The smallest absolute Gasteiger partial charge is 0.192 e. The Morgan fingerprint density at radius 1 is 1.32 bits per heavy atom. The number of fused-ring (bicyclic) bond motifs is 1. The minimum absolute atomic E-state index is 0.0476. The number of ether oxygens (including phenoxy) is 1. The van der Waals surface area contributed by atoms with Crippen LogP contribution in [-0.4, -0.2) is 33.0 Å². The average Bonchev–Trinajstić information content (AvgIpc) is 2.56. The molecule has 1 aliphatic rings. The molecule has 0 amide bonds. The van der Waals surface area contributed by atoms with Gasteiger partial charge in [-0.1, -0.05) is 20.8 Å². The summed E-state index contributed by atoms with van der Waals surface area (Å²) in [4.78, 5) is 9.90. The highest BCUT2D eigenvalue weighted by atomic mass is 28.4. The Hall–Kier alpha value is -1.88. The van der Waals surface area contributed by atoms with Gasteiger partial charge in [-0.3, -0.25) is 15.3 Å². The van der Waals surface area contributed by atoms with Gasteiger partial charge in [0.15, 0.2) is 8.32 Å². The van der Waals surface area contributed by atoms with Crippen LogP contribution in [0.2, 0.25) is 18.1 Å². The highest BCUT2D eigenvalue weighted by Gasteiger charge is 2.50. The summed E-state index contributed by atoms with van der Waals surface area (Å²) >= 11 is 0. The molecule has 6 nitrogen and oxygen atoms in total. The predicted molar refractivity (Wildman–Crippen MR) is 114 cm³/mol. The third-order valence-corrected chi connectivity index (χ3v) is 10.1. The van der Waals surface area contributed by atoms with Crippen molar-refractivity contribution in [1.82, 2.24) is 5.48 Å². The molecule has 0 radical (unpaired) electrons. The molecule has 2 rings (SSSR count). The van der Waals surface area contributed by atoms with Gasteiger partial charge in [0.1, 0.15) is 29.3 Å². The lowest BCUT2D eigenvalue weighted by Gasteiger charge is -2.48. The molecule has 28 heavy (non-hydrogen) atoms. The second-order valence-corrected chi connectivity index (χ2v) is 14.1. The van der Waals surface area contributed by atoms with Crippen molar-refractivity contribution in [2.24, 2.45) is 4.99 Å². The molecule has 1 heterocycles. The Kier molecular flexibility index (Phi) is 6.29. The Bertz CT molecular complexity index is 791. The number of amidine groups is 1. The molecule has 7 heteroatoms. The molecule has 154 valence electrons. The second-order valence-electron chi connectivity index (χ2n) is 9.33.